The van der Waals surface area contributed by atoms with Crippen LogP contribution < -0.4 is 15.1 Å². The van der Waals surface area contributed by atoms with Crippen molar-refractivity contribution in [3.05, 3.63) is 90.5 Å². The number of benzene rings is 3. The zero-order valence-electron chi connectivity index (χ0n) is 17.9. The van der Waals surface area contributed by atoms with Crippen LogP contribution in [-0.4, -0.2) is 18.0 Å². The Bertz CT molecular complexity index is 1050. The number of fused-ring (bicyclic) bond motifs is 1. The maximum Gasteiger partial charge on any atom is 0.326 e. The van der Waals surface area contributed by atoms with Crippen LogP contribution in [0.1, 0.15) is 38.3 Å². The van der Waals surface area contributed by atoms with Gasteiger partial charge in [-0.15, -0.1) is 0 Å². The number of nitrogens with zero attached hydrogens (tertiary/aromatic N) is 2. The summed E-state index contributed by atoms with van der Waals surface area (Å²) in [5.41, 5.74) is 3.42. The van der Waals surface area contributed by atoms with Crippen molar-refractivity contribution < 1.29 is 9.59 Å². The third-order valence-electron chi connectivity index (χ3n) is 5.72. The van der Waals surface area contributed by atoms with E-state index < -0.39 is 0 Å². The molecule has 1 heterocycles. The highest BCUT2D eigenvalue weighted by atomic mass is 16.2. The van der Waals surface area contributed by atoms with Gasteiger partial charge in [0.25, 0.3) is 0 Å². The maximum atomic E-state index is 13.5. The molecule has 0 aliphatic carbocycles. The molecule has 5 nitrogen and oxygen atoms in total. The van der Waals surface area contributed by atoms with E-state index in [1.807, 2.05) is 102 Å². The minimum absolute atomic E-state index is 0.0249. The van der Waals surface area contributed by atoms with Gasteiger partial charge in [-0.25, -0.2) is 4.79 Å². The summed E-state index contributed by atoms with van der Waals surface area (Å²) in [5, 5.41) is 3.04. The lowest BCUT2D eigenvalue weighted by Gasteiger charge is -2.43. The third kappa shape index (κ3) is 4.17. The molecule has 0 spiro atoms. The zero-order chi connectivity index (χ0) is 21.8. The Labute approximate surface area is 183 Å². The molecule has 158 valence electrons. The quantitative estimate of drug-likeness (QED) is 0.570. The van der Waals surface area contributed by atoms with E-state index in [2.05, 4.69) is 12.2 Å². The molecule has 0 saturated heterocycles. The Morgan fingerprint density at radius 2 is 1.55 bits per heavy atom. The Balaban J connectivity index is 1.77. The van der Waals surface area contributed by atoms with E-state index in [1.165, 1.54) is 0 Å². The number of hydrogen-bond acceptors (Lipinski definition) is 2. The molecule has 1 aliphatic rings. The molecule has 1 aliphatic heterocycles. The molecule has 0 fully saturated rings. The number of rotatable bonds is 4. The van der Waals surface area contributed by atoms with Gasteiger partial charge in [0.05, 0.1) is 6.04 Å². The van der Waals surface area contributed by atoms with E-state index in [-0.39, 0.29) is 24.0 Å². The molecule has 3 aromatic carbocycles. The van der Waals surface area contributed by atoms with Gasteiger partial charge in [-0.3, -0.25) is 9.69 Å². The molecule has 1 N–H and O–H groups in total. The molecule has 3 aromatic rings. The van der Waals surface area contributed by atoms with Gasteiger partial charge >= 0.3 is 6.03 Å². The summed E-state index contributed by atoms with van der Waals surface area (Å²) in [6.07, 6.45) is 1.10. The number of urea groups is 1. The minimum Gasteiger partial charge on any atom is -0.309 e. The third-order valence-corrected chi connectivity index (χ3v) is 5.72. The molecule has 3 amide bonds. The van der Waals surface area contributed by atoms with Crippen LogP contribution in [0.5, 0.6) is 0 Å². The van der Waals surface area contributed by atoms with E-state index in [1.54, 1.807) is 0 Å². The average molecular weight is 414 g/mol. The normalized spacial score (nSPS) is 17.5. The molecule has 5 heteroatoms. The predicted molar refractivity (Wildman–Crippen MR) is 125 cm³/mol. The summed E-state index contributed by atoms with van der Waals surface area (Å²) in [4.78, 5) is 29.9. The van der Waals surface area contributed by atoms with Crippen molar-refractivity contribution in [2.45, 2.75) is 38.8 Å². The van der Waals surface area contributed by atoms with Gasteiger partial charge in [-0.05, 0) is 49.2 Å². The number of anilines is 3. The summed E-state index contributed by atoms with van der Waals surface area (Å²) in [7, 11) is 0. The van der Waals surface area contributed by atoms with E-state index in [9.17, 15) is 9.59 Å². The van der Waals surface area contributed by atoms with Gasteiger partial charge < -0.3 is 10.2 Å². The number of carbonyl (C=O) groups excluding carboxylic acids is 2. The van der Waals surface area contributed by atoms with Gasteiger partial charge in [0.15, 0.2) is 0 Å². The van der Waals surface area contributed by atoms with Crippen LogP contribution >= 0.6 is 0 Å². The fourth-order valence-corrected chi connectivity index (χ4v) is 4.31. The summed E-state index contributed by atoms with van der Waals surface area (Å²) in [6.45, 7) is 3.93. The Hall–Kier alpha value is -3.60. The monoisotopic (exact) mass is 413 g/mol. The number of nitrogens with one attached hydrogen (secondary N) is 1. The first-order chi connectivity index (χ1) is 15.1. The smallest absolute Gasteiger partial charge is 0.309 e. The molecule has 0 bridgehead atoms. The van der Waals surface area contributed by atoms with Gasteiger partial charge in [0.1, 0.15) is 0 Å². The molecule has 2 atom stereocenters. The molecular formula is C26H27N3O2. The number of para-hydroxylation sites is 3. The lowest BCUT2D eigenvalue weighted by atomic mass is 9.90. The Morgan fingerprint density at radius 3 is 2.23 bits per heavy atom. The van der Waals surface area contributed by atoms with E-state index in [0.29, 0.717) is 12.8 Å². The van der Waals surface area contributed by atoms with Crippen molar-refractivity contribution in [1.82, 2.24) is 0 Å². The van der Waals surface area contributed by atoms with E-state index >= 15 is 0 Å². The van der Waals surface area contributed by atoms with Crippen LogP contribution in [0.2, 0.25) is 0 Å². The number of amides is 3. The van der Waals surface area contributed by atoms with Crippen LogP contribution in [0.15, 0.2) is 84.9 Å². The SMILES string of the molecule is CCC(=O)N1c2ccccc2[C@@H](N(C(=O)Nc2ccccc2)c2ccccc2)C[C@@H]1C. The summed E-state index contributed by atoms with van der Waals surface area (Å²) in [5.74, 6) is 0.0957. The van der Waals surface area contributed by atoms with Crippen LogP contribution in [0.25, 0.3) is 0 Å². The molecule has 31 heavy (non-hydrogen) atoms. The van der Waals surface area contributed by atoms with Gasteiger partial charge in [0.2, 0.25) is 5.91 Å². The lowest BCUT2D eigenvalue weighted by molar-refractivity contribution is -0.118. The molecule has 0 saturated carbocycles. The fraction of sp³-hybridized carbons (Fsp3) is 0.231. The van der Waals surface area contributed by atoms with Crippen molar-refractivity contribution in [3.63, 3.8) is 0 Å². The van der Waals surface area contributed by atoms with Gasteiger partial charge in [-0.2, -0.15) is 0 Å². The average Bonchev–Trinajstić information content (AvgIpc) is 2.80. The summed E-state index contributed by atoms with van der Waals surface area (Å²) in [6, 6.07) is 26.7. The summed E-state index contributed by atoms with van der Waals surface area (Å²) >= 11 is 0. The highest BCUT2D eigenvalue weighted by molar-refractivity contribution is 6.03. The zero-order valence-corrected chi connectivity index (χ0v) is 17.9. The van der Waals surface area contributed by atoms with Crippen LogP contribution in [-0.2, 0) is 4.79 Å². The number of hydrogen-bond donors (Lipinski definition) is 1. The molecule has 4 rings (SSSR count). The van der Waals surface area contributed by atoms with Crippen LogP contribution in [0.4, 0.5) is 21.9 Å². The molecule has 0 aromatic heterocycles. The van der Waals surface area contributed by atoms with Crippen LogP contribution in [0, 0.1) is 0 Å². The van der Waals surface area contributed by atoms with Crippen molar-refractivity contribution >= 4 is 29.0 Å². The summed E-state index contributed by atoms with van der Waals surface area (Å²) < 4.78 is 0. The fourth-order valence-electron chi connectivity index (χ4n) is 4.31. The first kappa shape index (κ1) is 20.7. The van der Waals surface area contributed by atoms with E-state index in [4.69, 9.17) is 0 Å². The molecule has 0 radical (unpaired) electrons. The maximum absolute atomic E-state index is 13.5. The predicted octanol–water partition coefficient (Wildman–Crippen LogP) is 6.00. The van der Waals surface area contributed by atoms with Crippen molar-refractivity contribution in [1.29, 1.82) is 0 Å². The van der Waals surface area contributed by atoms with Crippen molar-refractivity contribution in [3.8, 4) is 0 Å². The highest BCUT2D eigenvalue weighted by Crippen LogP contribution is 2.42. The first-order valence-electron chi connectivity index (χ1n) is 10.7. The lowest BCUT2D eigenvalue weighted by Crippen LogP contribution is -2.48. The Kier molecular flexibility index (Phi) is 6.03. The van der Waals surface area contributed by atoms with E-state index in [0.717, 1.165) is 22.6 Å². The van der Waals surface area contributed by atoms with Crippen molar-refractivity contribution in [2.24, 2.45) is 0 Å². The second-order valence-corrected chi connectivity index (χ2v) is 7.78. The second kappa shape index (κ2) is 9.04. The Morgan fingerprint density at radius 1 is 0.935 bits per heavy atom. The van der Waals surface area contributed by atoms with Gasteiger partial charge in [-0.1, -0.05) is 61.5 Å². The largest absolute Gasteiger partial charge is 0.326 e. The van der Waals surface area contributed by atoms with Gasteiger partial charge in [0, 0.05) is 29.5 Å². The molecular weight excluding hydrogens is 386 g/mol. The molecule has 0 unspecified atom stereocenters. The highest BCUT2D eigenvalue weighted by Gasteiger charge is 2.38. The first-order valence-corrected chi connectivity index (χ1v) is 10.7. The topological polar surface area (TPSA) is 52.7 Å². The minimum atomic E-state index is -0.196. The standard InChI is InChI=1S/C26H27N3O2/c1-3-25(30)28-19(2)18-24(22-16-10-11-17-23(22)28)29(21-14-8-5-9-15-21)26(31)27-20-12-6-4-7-13-20/h4-17,19,24H,3,18H2,1-2H3,(H,27,31)/t19-,24-/m0/s1. The van der Waals surface area contributed by atoms with Crippen LogP contribution in [0.3, 0.4) is 0 Å². The van der Waals surface area contributed by atoms with Crippen molar-refractivity contribution in [2.75, 3.05) is 15.1 Å². The number of carbonyl (C=O) groups is 2. The second-order valence-electron chi connectivity index (χ2n) is 7.78.